The fourth-order valence-corrected chi connectivity index (χ4v) is 1.84. The molecule has 124 valence electrons. The molecule has 5 N–H and O–H groups in total. The van der Waals surface area contributed by atoms with E-state index in [-0.39, 0.29) is 27.7 Å². The van der Waals surface area contributed by atoms with E-state index in [1.807, 2.05) is 30.3 Å². The standard InChI is InChI=1S/C15H15N3O2S.Ni.H2O/c1-20-13-9-5-6-11(14(13)19)10-16-18-15(21)17-12-7-3-2-4-8-12;;/h2-10,19H,1H3,(H2,17,18,21);;1H2/q;+2;. The van der Waals surface area contributed by atoms with E-state index in [0.29, 0.717) is 16.4 Å². The zero-order valence-corrected chi connectivity index (χ0v) is 14.0. The van der Waals surface area contributed by atoms with Gasteiger partial charge in [-0.3, -0.25) is 5.43 Å². The Labute approximate surface area is 149 Å². The van der Waals surface area contributed by atoms with E-state index >= 15 is 0 Å². The smallest absolute Gasteiger partial charge is 0.870 e. The maximum absolute atomic E-state index is 7.92. The van der Waals surface area contributed by atoms with E-state index in [0.717, 1.165) is 5.69 Å². The van der Waals surface area contributed by atoms with E-state index in [4.69, 9.17) is 22.1 Å². The van der Waals surface area contributed by atoms with Crippen LogP contribution in [0.1, 0.15) is 5.56 Å². The van der Waals surface area contributed by atoms with Gasteiger partial charge in [-0.25, -0.2) is 0 Å². The first-order valence-electron chi connectivity index (χ1n) is 6.24. The fraction of sp³-hybridized carbons (Fsp3) is 0.0667. The third-order valence-corrected chi connectivity index (χ3v) is 2.87. The number of thiocarbonyl (C=S) groups is 1. The zero-order chi connectivity index (χ0) is 15.1. The normalized spacial score (nSPS) is 9.43. The topological polar surface area (TPSA) is 98.5 Å². The van der Waals surface area contributed by atoms with Crippen LogP contribution in [0.15, 0.2) is 53.6 Å². The predicted molar refractivity (Wildman–Crippen MR) is 91.4 cm³/mol. The third-order valence-electron chi connectivity index (χ3n) is 2.68. The van der Waals surface area contributed by atoms with Crippen molar-refractivity contribution in [3.8, 4) is 11.5 Å². The minimum Gasteiger partial charge on any atom is -0.870 e. The maximum atomic E-state index is 7.92. The molecule has 2 rings (SSSR count). The Morgan fingerprint density at radius 3 is 2.52 bits per heavy atom. The van der Waals surface area contributed by atoms with Crippen LogP contribution in [-0.4, -0.2) is 29.0 Å². The molecule has 2 aromatic rings. The first-order chi connectivity index (χ1) is 10.2. The quantitative estimate of drug-likeness (QED) is 0.280. The molecule has 0 unspecified atom stereocenters. The molecule has 0 atom stereocenters. The number of methoxy groups -OCH3 is 1. The Kier molecular flexibility index (Phi) is 9.57. The molecule has 23 heavy (non-hydrogen) atoms. The molecule has 0 heterocycles. The summed E-state index contributed by atoms with van der Waals surface area (Å²) in [5.74, 6) is 0.788. The first kappa shape index (κ1) is 20.9. The summed E-state index contributed by atoms with van der Waals surface area (Å²) in [6.07, 6.45) is 1.53. The molecule has 0 aliphatic carbocycles. The molecule has 8 heteroatoms. The van der Waals surface area contributed by atoms with Gasteiger partial charge in [0.1, 0.15) is 0 Å². The van der Waals surface area contributed by atoms with Crippen LogP contribution in [0.5, 0.6) is 11.5 Å². The van der Waals surface area contributed by atoms with Crippen LogP contribution in [0.25, 0.3) is 0 Å². The zero-order valence-electron chi connectivity index (χ0n) is 12.2. The molecule has 0 spiro atoms. The van der Waals surface area contributed by atoms with E-state index < -0.39 is 0 Å². The second-order valence-corrected chi connectivity index (χ2v) is 4.52. The van der Waals surface area contributed by atoms with E-state index in [9.17, 15) is 0 Å². The number of hydrogen-bond donors (Lipinski definition) is 2. The van der Waals surface area contributed by atoms with E-state index in [1.165, 1.54) is 13.3 Å². The summed E-state index contributed by atoms with van der Waals surface area (Å²) in [7, 11) is 1.53. The summed E-state index contributed by atoms with van der Waals surface area (Å²) in [4.78, 5) is 0. The van der Waals surface area contributed by atoms with Crippen LogP contribution in [-0.2, 0) is 16.5 Å². The number of nitrogens with one attached hydrogen (secondary N) is 2. The van der Waals surface area contributed by atoms with Crippen molar-refractivity contribution in [2.45, 2.75) is 0 Å². The number of rotatable bonds is 4. The summed E-state index contributed by atoms with van der Waals surface area (Å²) in [5, 5.41) is 15.3. The third kappa shape index (κ3) is 6.24. The average molecular weight is 378 g/mol. The molecular formula is C15H17N3NiO3S+2. The maximum Gasteiger partial charge on any atom is 2.00 e. The molecule has 6 nitrogen and oxygen atoms in total. The van der Waals surface area contributed by atoms with Gasteiger partial charge in [0.2, 0.25) is 5.75 Å². The monoisotopic (exact) mass is 377 g/mol. The number of hydrogen-bond acceptors (Lipinski definition) is 4. The summed E-state index contributed by atoms with van der Waals surface area (Å²) < 4.78 is 5.08. The van der Waals surface area contributed by atoms with Gasteiger partial charge < -0.3 is 20.6 Å². The van der Waals surface area contributed by atoms with Crippen LogP contribution < -0.4 is 15.5 Å². The minimum absolute atomic E-state index is 0. The molecule has 0 radical (unpaired) electrons. The molecule has 0 aromatic heterocycles. The molecular weight excluding hydrogens is 361 g/mol. The van der Waals surface area contributed by atoms with Crippen LogP contribution in [0.3, 0.4) is 0 Å². The van der Waals surface area contributed by atoms with Crippen molar-refractivity contribution in [3.05, 3.63) is 54.1 Å². The van der Waals surface area contributed by atoms with Gasteiger partial charge in [0.05, 0.1) is 18.9 Å². The van der Waals surface area contributed by atoms with Crippen LogP contribution in [0.2, 0.25) is 0 Å². The number of benzene rings is 2. The van der Waals surface area contributed by atoms with Gasteiger partial charge in [0, 0.05) is 5.69 Å². The number of para-hydroxylation sites is 2. The molecule has 0 saturated heterocycles. The molecule has 0 amide bonds. The molecule has 0 aliphatic heterocycles. The first-order valence-corrected chi connectivity index (χ1v) is 6.65. The van der Waals surface area contributed by atoms with Gasteiger partial charge in [-0.05, 0) is 36.5 Å². The van der Waals surface area contributed by atoms with Crippen molar-refractivity contribution >= 4 is 29.2 Å². The van der Waals surface area contributed by atoms with E-state index in [1.54, 1.807) is 18.2 Å². The number of nitrogens with zero attached hydrogens (tertiary/aromatic N) is 1. The van der Waals surface area contributed by atoms with Crippen molar-refractivity contribution in [1.82, 2.24) is 5.43 Å². The molecule has 0 fully saturated rings. The minimum atomic E-state index is 0. The Hall–Kier alpha value is -2.15. The van der Waals surface area contributed by atoms with E-state index in [2.05, 4.69) is 15.8 Å². The van der Waals surface area contributed by atoms with Gasteiger partial charge in [-0.2, -0.15) is 5.10 Å². The predicted octanol–water partition coefficient (Wildman–Crippen LogP) is 2.27. The summed E-state index contributed by atoms with van der Waals surface area (Å²) >= 11 is 5.13. The number of ether oxygens (including phenoxy) is 1. The van der Waals surface area contributed by atoms with Crippen molar-refractivity contribution in [2.24, 2.45) is 5.10 Å². The van der Waals surface area contributed by atoms with Crippen molar-refractivity contribution in [2.75, 3.05) is 12.4 Å². The Morgan fingerprint density at radius 1 is 1.17 bits per heavy atom. The Bertz CT molecular complexity index is 654. The summed E-state index contributed by atoms with van der Waals surface area (Å²) in [6.45, 7) is 0. The van der Waals surface area contributed by atoms with Crippen LogP contribution >= 0.6 is 12.2 Å². The SMILES string of the molecule is COc1cccc(C=NNC(=S)Nc2ccccc2)c1[OH2+].[Ni+2].[OH-]. The largest absolute Gasteiger partial charge is 2.00 e. The number of hydrazone groups is 1. The molecule has 0 bridgehead atoms. The fourth-order valence-electron chi connectivity index (χ4n) is 1.67. The van der Waals surface area contributed by atoms with Gasteiger partial charge in [0.25, 0.3) is 0 Å². The molecule has 0 aliphatic rings. The Balaban J connectivity index is 0.00000242. The van der Waals surface area contributed by atoms with Gasteiger partial charge >= 0.3 is 22.2 Å². The summed E-state index contributed by atoms with van der Waals surface area (Å²) in [6, 6.07) is 14.9. The van der Waals surface area contributed by atoms with Crippen molar-refractivity contribution in [1.29, 1.82) is 0 Å². The number of anilines is 1. The van der Waals surface area contributed by atoms with Gasteiger partial charge in [0.15, 0.2) is 5.11 Å². The van der Waals surface area contributed by atoms with Crippen LogP contribution in [0.4, 0.5) is 5.69 Å². The molecule has 2 aromatic carbocycles. The van der Waals surface area contributed by atoms with Crippen LogP contribution in [0, 0.1) is 0 Å². The van der Waals surface area contributed by atoms with Gasteiger partial charge in [-0.15, -0.1) is 0 Å². The molecule has 0 saturated carbocycles. The average Bonchev–Trinajstić information content (AvgIpc) is 2.50. The second-order valence-electron chi connectivity index (χ2n) is 4.11. The van der Waals surface area contributed by atoms with Gasteiger partial charge in [-0.1, -0.05) is 24.3 Å². The Morgan fingerprint density at radius 2 is 1.87 bits per heavy atom. The van der Waals surface area contributed by atoms with Crippen molar-refractivity contribution < 1.29 is 31.8 Å². The summed E-state index contributed by atoms with van der Waals surface area (Å²) in [5.41, 5.74) is 4.24. The van der Waals surface area contributed by atoms with Crippen molar-refractivity contribution in [3.63, 3.8) is 0 Å². The second kappa shape index (κ2) is 10.6.